The molecule has 2 heterocycles. The van der Waals surface area contributed by atoms with Crippen molar-refractivity contribution in [1.82, 2.24) is 10.2 Å². The summed E-state index contributed by atoms with van der Waals surface area (Å²) in [6.07, 6.45) is 4.91. The third kappa shape index (κ3) is 2.38. The summed E-state index contributed by atoms with van der Waals surface area (Å²) in [4.78, 5) is 13.7. The lowest BCUT2D eigenvalue weighted by atomic mass is 9.81. The molecule has 2 N–H and O–H groups in total. The smallest absolute Gasteiger partial charge is 0.323 e. The number of aliphatic carboxylic acids is 1. The first-order valence-electron chi connectivity index (χ1n) is 6.29. The molecule has 16 heavy (non-hydrogen) atoms. The zero-order chi connectivity index (χ0) is 11.6. The summed E-state index contributed by atoms with van der Waals surface area (Å²) in [5.74, 6) is -0.0678. The maximum Gasteiger partial charge on any atom is 0.323 e. The van der Waals surface area contributed by atoms with Crippen LogP contribution in [0.15, 0.2) is 0 Å². The molecule has 2 aliphatic heterocycles. The fraction of sp³-hybridized carbons (Fsp3) is 0.917. The van der Waals surface area contributed by atoms with Crippen LogP contribution in [0.1, 0.15) is 32.1 Å². The molecule has 0 radical (unpaired) electrons. The molecule has 2 saturated heterocycles. The molecule has 0 saturated carbocycles. The van der Waals surface area contributed by atoms with Gasteiger partial charge in [-0.05, 0) is 64.7 Å². The summed E-state index contributed by atoms with van der Waals surface area (Å²) >= 11 is 0. The Bertz CT molecular complexity index is 254. The van der Waals surface area contributed by atoms with E-state index in [1.165, 1.54) is 0 Å². The van der Waals surface area contributed by atoms with Gasteiger partial charge in [-0.1, -0.05) is 0 Å². The van der Waals surface area contributed by atoms with E-state index < -0.39 is 11.5 Å². The summed E-state index contributed by atoms with van der Waals surface area (Å²) in [6, 6.07) is 0. The molecule has 2 fully saturated rings. The zero-order valence-corrected chi connectivity index (χ0v) is 10.0. The highest BCUT2D eigenvalue weighted by molar-refractivity contribution is 5.79. The Labute approximate surface area is 97.0 Å². The highest BCUT2D eigenvalue weighted by Crippen LogP contribution is 2.31. The van der Waals surface area contributed by atoms with Crippen molar-refractivity contribution in [3.63, 3.8) is 0 Å². The number of nitrogens with one attached hydrogen (secondary N) is 1. The third-order valence-corrected chi connectivity index (χ3v) is 4.13. The van der Waals surface area contributed by atoms with Gasteiger partial charge >= 0.3 is 5.97 Å². The Morgan fingerprint density at radius 3 is 2.69 bits per heavy atom. The minimum atomic E-state index is -0.649. The monoisotopic (exact) mass is 226 g/mol. The average Bonchev–Trinajstić information content (AvgIpc) is 2.71. The first-order valence-corrected chi connectivity index (χ1v) is 6.29. The fourth-order valence-corrected chi connectivity index (χ4v) is 3.01. The van der Waals surface area contributed by atoms with Gasteiger partial charge in [0.15, 0.2) is 0 Å². The van der Waals surface area contributed by atoms with Crippen LogP contribution < -0.4 is 5.32 Å². The van der Waals surface area contributed by atoms with Crippen molar-refractivity contribution in [3.8, 4) is 0 Å². The van der Waals surface area contributed by atoms with Crippen LogP contribution in [0.2, 0.25) is 0 Å². The first kappa shape index (κ1) is 11.9. The number of nitrogens with zero attached hydrogens (tertiary/aromatic N) is 1. The average molecular weight is 226 g/mol. The van der Waals surface area contributed by atoms with Gasteiger partial charge in [-0.3, -0.25) is 4.79 Å². The molecule has 0 aliphatic carbocycles. The quantitative estimate of drug-likeness (QED) is 0.751. The standard InChI is InChI=1S/C12H22N2O2/c1-14-7-3-10(4-8-14)9-12(11(15)16)5-2-6-13-12/h10,13H,2-9H2,1H3,(H,15,16). The number of carboxylic acids is 1. The predicted octanol–water partition coefficient (Wildman–Crippen LogP) is 0.925. The molecule has 0 aromatic carbocycles. The Balaban J connectivity index is 1.93. The summed E-state index contributed by atoms with van der Waals surface area (Å²) in [5.41, 5.74) is -0.611. The van der Waals surface area contributed by atoms with Crippen molar-refractivity contribution < 1.29 is 9.90 Å². The van der Waals surface area contributed by atoms with Gasteiger partial charge in [0, 0.05) is 0 Å². The van der Waals surface area contributed by atoms with Crippen molar-refractivity contribution in [2.45, 2.75) is 37.6 Å². The van der Waals surface area contributed by atoms with E-state index in [2.05, 4.69) is 17.3 Å². The fourth-order valence-electron chi connectivity index (χ4n) is 3.01. The van der Waals surface area contributed by atoms with E-state index in [9.17, 15) is 9.90 Å². The SMILES string of the molecule is CN1CCC(CC2(C(=O)O)CCCN2)CC1. The van der Waals surface area contributed by atoms with E-state index in [4.69, 9.17) is 0 Å². The van der Waals surface area contributed by atoms with Crippen molar-refractivity contribution in [2.24, 2.45) is 5.92 Å². The minimum absolute atomic E-state index is 0.581. The van der Waals surface area contributed by atoms with Crippen LogP contribution >= 0.6 is 0 Å². The lowest BCUT2D eigenvalue weighted by Crippen LogP contribution is -2.49. The van der Waals surface area contributed by atoms with Gasteiger partial charge in [-0.2, -0.15) is 0 Å². The Morgan fingerprint density at radius 2 is 2.19 bits per heavy atom. The van der Waals surface area contributed by atoms with Crippen LogP contribution in [-0.4, -0.2) is 48.2 Å². The Morgan fingerprint density at radius 1 is 1.50 bits per heavy atom. The number of carbonyl (C=O) groups is 1. The molecule has 4 nitrogen and oxygen atoms in total. The predicted molar refractivity (Wildman–Crippen MR) is 62.4 cm³/mol. The minimum Gasteiger partial charge on any atom is -0.480 e. The van der Waals surface area contributed by atoms with Crippen LogP contribution in [0.3, 0.4) is 0 Å². The molecule has 0 aromatic rings. The second kappa shape index (κ2) is 4.72. The maximum absolute atomic E-state index is 11.4. The third-order valence-electron chi connectivity index (χ3n) is 4.13. The van der Waals surface area contributed by atoms with Gasteiger partial charge in [0.1, 0.15) is 5.54 Å². The molecular formula is C12H22N2O2. The van der Waals surface area contributed by atoms with Crippen molar-refractivity contribution in [3.05, 3.63) is 0 Å². The molecule has 2 aliphatic rings. The molecule has 0 aromatic heterocycles. The summed E-state index contributed by atoms with van der Waals surface area (Å²) in [5, 5.41) is 12.6. The molecule has 0 spiro atoms. The number of rotatable bonds is 3. The zero-order valence-electron chi connectivity index (χ0n) is 10.0. The summed E-state index contributed by atoms with van der Waals surface area (Å²) in [7, 11) is 2.14. The molecule has 0 amide bonds. The lowest BCUT2D eigenvalue weighted by molar-refractivity contribution is -0.145. The van der Waals surface area contributed by atoms with Gasteiger partial charge in [-0.25, -0.2) is 0 Å². The van der Waals surface area contributed by atoms with E-state index in [1.54, 1.807) is 0 Å². The van der Waals surface area contributed by atoms with E-state index >= 15 is 0 Å². The topological polar surface area (TPSA) is 52.6 Å². The van der Waals surface area contributed by atoms with Gasteiger partial charge < -0.3 is 15.3 Å². The highest BCUT2D eigenvalue weighted by Gasteiger charge is 2.42. The van der Waals surface area contributed by atoms with Crippen molar-refractivity contribution in [1.29, 1.82) is 0 Å². The number of hydrogen-bond donors (Lipinski definition) is 2. The lowest BCUT2D eigenvalue weighted by Gasteiger charge is -2.34. The molecule has 1 atom stereocenters. The van der Waals surface area contributed by atoms with Crippen LogP contribution in [0.25, 0.3) is 0 Å². The van der Waals surface area contributed by atoms with Crippen molar-refractivity contribution >= 4 is 5.97 Å². The molecule has 0 bridgehead atoms. The van der Waals surface area contributed by atoms with Gasteiger partial charge in [0.05, 0.1) is 0 Å². The maximum atomic E-state index is 11.4. The second-order valence-electron chi connectivity index (χ2n) is 5.37. The Kier molecular flexibility index (Phi) is 3.50. The summed E-state index contributed by atoms with van der Waals surface area (Å²) in [6.45, 7) is 3.08. The largest absolute Gasteiger partial charge is 0.480 e. The molecule has 2 rings (SSSR count). The van der Waals surface area contributed by atoms with E-state index in [0.717, 1.165) is 51.7 Å². The van der Waals surface area contributed by atoms with Crippen LogP contribution in [0.5, 0.6) is 0 Å². The number of piperidine rings is 1. The van der Waals surface area contributed by atoms with E-state index in [1.807, 2.05) is 0 Å². The van der Waals surface area contributed by atoms with Gasteiger partial charge in [-0.15, -0.1) is 0 Å². The van der Waals surface area contributed by atoms with Crippen LogP contribution in [0.4, 0.5) is 0 Å². The van der Waals surface area contributed by atoms with Gasteiger partial charge in [0.25, 0.3) is 0 Å². The number of carboxylic acid groups (broad SMARTS) is 1. The molecular weight excluding hydrogens is 204 g/mol. The van der Waals surface area contributed by atoms with Crippen molar-refractivity contribution in [2.75, 3.05) is 26.7 Å². The molecule has 1 unspecified atom stereocenters. The highest BCUT2D eigenvalue weighted by atomic mass is 16.4. The number of hydrogen-bond acceptors (Lipinski definition) is 3. The van der Waals surface area contributed by atoms with Crippen LogP contribution in [0, 0.1) is 5.92 Å². The van der Waals surface area contributed by atoms with E-state index in [-0.39, 0.29) is 0 Å². The number of likely N-dealkylation sites (tertiary alicyclic amines) is 1. The molecule has 4 heteroatoms. The van der Waals surface area contributed by atoms with Gasteiger partial charge in [0.2, 0.25) is 0 Å². The normalized spacial score (nSPS) is 33.1. The molecule has 92 valence electrons. The second-order valence-corrected chi connectivity index (χ2v) is 5.37. The first-order chi connectivity index (χ1) is 7.62. The summed E-state index contributed by atoms with van der Waals surface area (Å²) < 4.78 is 0. The Hall–Kier alpha value is -0.610. The van der Waals surface area contributed by atoms with Crippen LogP contribution in [-0.2, 0) is 4.79 Å². The van der Waals surface area contributed by atoms with E-state index in [0.29, 0.717) is 5.92 Å².